The Morgan fingerprint density at radius 2 is 2.35 bits per heavy atom. The number of hydrogen-bond acceptors (Lipinski definition) is 9. The predicted octanol–water partition coefficient (Wildman–Crippen LogP) is 0.905. The Hall–Kier alpha value is -3.12. The van der Waals surface area contributed by atoms with E-state index in [0.29, 0.717) is 5.69 Å². The Bertz CT molecular complexity index is 951. The zero-order chi connectivity index (χ0) is 18.5. The minimum atomic E-state index is -0.565. The average molecular weight is 421 g/mol. The number of carbonyl (C=O) groups excluding carboxylic acids is 1. The lowest BCUT2D eigenvalue weighted by atomic mass is 10.2. The quantitative estimate of drug-likeness (QED) is 0.441. The summed E-state index contributed by atoms with van der Waals surface area (Å²) in [4.78, 5) is 12.4. The van der Waals surface area contributed by atoms with E-state index < -0.39 is 5.91 Å². The van der Waals surface area contributed by atoms with Crippen molar-refractivity contribution in [1.29, 1.82) is 0 Å². The molecular formula is C14H13BrN8O3. The number of nitrogens with one attached hydrogen (secondary N) is 1. The molecule has 3 N–H and O–H groups in total. The second-order valence-electron chi connectivity index (χ2n) is 4.96. The van der Waals surface area contributed by atoms with E-state index in [1.54, 1.807) is 0 Å². The molecule has 0 radical (unpaired) electrons. The highest BCUT2D eigenvalue weighted by atomic mass is 79.9. The highest BCUT2D eigenvalue weighted by molar-refractivity contribution is 9.10. The number of nitrogens with zero attached hydrogens (tertiary/aromatic N) is 6. The van der Waals surface area contributed by atoms with Gasteiger partial charge < -0.3 is 10.5 Å². The van der Waals surface area contributed by atoms with Gasteiger partial charge in [0.2, 0.25) is 11.6 Å². The van der Waals surface area contributed by atoms with Crippen LogP contribution in [-0.2, 0) is 11.3 Å². The van der Waals surface area contributed by atoms with Crippen LogP contribution >= 0.6 is 15.9 Å². The molecular weight excluding hydrogens is 408 g/mol. The number of hydrazone groups is 1. The van der Waals surface area contributed by atoms with Crippen LogP contribution in [0.15, 0.2) is 38.5 Å². The lowest BCUT2D eigenvalue weighted by molar-refractivity contribution is 0.0944. The molecule has 0 spiro atoms. The standard InChI is InChI=1S/C14H13BrN8O3/c1-25-7-10-11(18-22-23(10)13-12(16)20-26-21-13)14(24)19-17-6-8-3-2-4-9(15)5-8/h2-6H,7H2,1H3,(H2,16,20)(H,19,24). The van der Waals surface area contributed by atoms with Crippen LogP contribution in [0.3, 0.4) is 0 Å². The number of methoxy groups -OCH3 is 1. The molecule has 134 valence electrons. The number of halogens is 1. The molecule has 2 aromatic heterocycles. The summed E-state index contributed by atoms with van der Waals surface area (Å²) in [6, 6.07) is 7.43. The molecule has 0 aliphatic rings. The highest BCUT2D eigenvalue weighted by Gasteiger charge is 2.23. The third-order valence-corrected chi connectivity index (χ3v) is 3.68. The van der Waals surface area contributed by atoms with Gasteiger partial charge in [-0.05, 0) is 28.0 Å². The molecule has 0 aliphatic heterocycles. The van der Waals surface area contributed by atoms with Gasteiger partial charge in [0, 0.05) is 11.6 Å². The van der Waals surface area contributed by atoms with Crippen molar-refractivity contribution in [1.82, 2.24) is 30.7 Å². The van der Waals surface area contributed by atoms with Crippen molar-refractivity contribution < 1.29 is 14.2 Å². The molecule has 2 heterocycles. The molecule has 0 bridgehead atoms. The second-order valence-corrected chi connectivity index (χ2v) is 5.87. The normalized spacial score (nSPS) is 11.2. The van der Waals surface area contributed by atoms with Crippen molar-refractivity contribution >= 4 is 33.9 Å². The van der Waals surface area contributed by atoms with E-state index in [4.69, 9.17) is 10.5 Å². The molecule has 11 nitrogen and oxygen atoms in total. The largest absolute Gasteiger partial charge is 0.378 e. The van der Waals surface area contributed by atoms with Gasteiger partial charge in [0.1, 0.15) is 5.69 Å². The Morgan fingerprint density at radius 1 is 1.50 bits per heavy atom. The maximum atomic E-state index is 12.4. The van der Waals surface area contributed by atoms with Gasteiger partial charge >= 0.3 is 0 Å². The van der Waals surface area contributed by atoms with E-state index in [2.05, 4.69) is 51.7 Å². The van der Waals surface area contributed by atoms with Gasteiger partial charge in [0.15, 0.2) is 5.69 Å². The Kier molecular flexibility index (Phi) is 5.34. The Morgan fingerprint density at radius 3 is 3.04 bits per heavy atom. The molecule has 3 aromatic rings. The molecule has 0 atom stereocenters. The Balaban J connectivity index is 1.81. The number of ether oxygens (including phenoxy) is 1. The summed E-state index contributed by atoms with van der Waals surface area (Å²) in [6.07, 6.45) is 1.50. The molecule has 0 fully saturated rings. The number of nitrogens with two attached hydrogens (primary N) is 1. The minimum absolute atomic E-state index is 0.00638. The van der Waals surface area contributed by atoms with Crippen molar-refractivity contribution in [3.63, 3.8) is 0 Å². The zero-order valence-electron chi connectivity index (χ0n) is 13.5. The summed E-state index contributed by atoms with van der Waals surface area (Å²) in [5.41, 5.74) is 9.19. The summed E-state index contributed by atoms with van der Waals surface area (Å²) in [5.74, 6) is -0.447. The van der Waals surface area contributed by atoms with Gasteiger partial charge in [0.25, 0.3) is 5.91 Å². The summed E-state index contributed by atoms with van der Waals surface area (Å²) in [5, 5.41) is 18.7. The van der Waals surface area contributed by atoms with Crippen LogP contribution in [0.5, 0.6) is 0 Å². The van der Waals surface area contributed by atoms with Crippen molar-refractivity contribution in [3.05, 3.63) is 45.7 Å². The third kappa shape index (κ3) is 3.75. The van der Waals surface area contributed by atoms with Crippen LogP contribution in [0, 0.1) is 0 Å². The summed E-state index contributed by atoms with van der Waals surface area (Å²) in [7, 11) is 1.47. The van der Waals surface area contributed by atoms with E-state index >= 15 is 0 Å². The number of anilines is 1. The van der Waals surface area contributed by atoms with Crippen LogP contribution in [0.1, 0.15) is 21.7 Å². The fourth-order valence-electron chi connectivity index (χ4n) is 2.06. The average Bonchev–Trinajstić information content (AvgIpc) is 3.21. The van der Waals surface area contributed by atoms with E-state index in [1.165, 1.54) is 18.0 Å². The van der Waals surface area contributed by atoms with Gasteiger partial charge in [-0.25, -0.2) is 10.1 Å². The minimum Gasteiger partial charge on any atom is -0.378 e. The topological polar surface area (TPSA) is 146 Å². The molecule has 3 rings (SSSR count). The molecule has 26 heavy (non-hydrogen) atoms. The number of benzene rings is 1. The van der Waals surface area contributed by atoms with E-state index in [-0.39, 0.29) is 23.9 Å². The first-order chi connectivity index (χ1) is 12.6. The first-order valence-corrected chi connectivity index (χ1v) is 8.00. The van der Waals surface area contributed by atoms with Gasteiger partial charge in [-0.15, -0.1) is 5.10 Å². The number of nitrogen functional groups attached to an aromatic ring is 1. The number of hydrogen-bond donors (Lipinski definition) is 2. The van der Waals surface area contributed by atoms with Crippen molar-refractivity contribution in [2.75, 3.05) is 12.8 Å². The molecule has 0 saturated heterocycles. The number of carbonyl (C=O) groups is 1. The first kappa shape index (κ1) is 17.7. The van der Waals surface area contributed by atoms with Crippen molar-refractivity contribution in [3.8, 4) is 5.82 Å². The van der Waals surface area contributed by atoms with Crippen LogP contribution in [-0.4, -0.2) is 44.5 Å². The van der Waals surface area contributed by atoms with E-state index in [0.717, 1.165) is 10.0 Å². The lowest BCUT2D eigenvalue weighted by Gasteiger charge is -2.03. The smallest absolute Gasteiger partial charge is 0.293 e. The zero-order valence-corrected chi connectivity index (χ0v) is 15.0. The SMILES string of the molecule is COCc1c(C(=O)NN=Cc2cccc(Br)c2)nnn1-c1nonc1N. The molecule has 12 heteroatoms. The van der Waals surface area contributed by atoms with Gasteiger partial charge in [-0.1, -0.05) is 33.3 Å². The van der Waals surface area contributed by atoms with Gasteiger partial charge in [0.05, 0.1) is 12.8 Å². The van der Waals surface area contributed by atoms with E-state index in [9.17, 15) is 4.79 Å². The van der Waals surface area contributed by atoms with Crippen LogP contribution in [0.2, 0.25) is 0 Å². The van der Waals surface area contributed by atoms with Gasteiger partial charge in [-0.3, -0.25) is 4.79 Å². The predicted molar refractivity (Wildman–Crippen MR) is 93.5 cm³/mol. The van der Waals surface area contributed by atoms with Crippen LogP contribution in [0.4, 0.5) is 5.82 Å². The van der Waals surface area contributed by atoms with Crippen molar-refractivity contribution in [2.24, 2.45) is 5.10 Å². The monoisotopic (exact) mass is 420 g/mol. The molecule has 1 amide bonds. The highest BCUT2D eigenvalue weighted by Crippen LogP contribution is 2.16. The third-order valence-electron chi connectivity index (χ3n) is 3.18. The fourth-order valence-corrected chi connectivity index (χ4v) is 2.47. The first-order valence-electron chi connectivity index (χ1n) is 7.21. The van der Waals surface area contributed by atoms with Crippen LogP contribution in [0.25, 0.3) is 5.82 Å². The maximum absolute atomic E-state index is 12.4. The lowest BCUT2D eigenvalue weighted by Crippen LogP contribution is -2.20. The van der Waals surface area contributed by atoms with E-state index in [1.807, 2.05) is 24.3 Å². The fraction of sp³-hybridized carbons (Fsp3) is 0.143. The molecule has 0 aliphatic carbocycles. The number of rotatable bonds is 6. The summed E-state index contributed by atoms with van der Waals surface area (Å²) < 4.78 is 11.8. The van der Waals surface area contributed by atoms with Gasteiger partial charge in [-0.2, -0.15) is 9.78 Å². The molecule has 0 unspecified atom stereocenters. The van der Waals surface area contributed by atoms with Crippen LogP contribution < -0.4 is 11.2 Å². The second kappa shape index (κ2) is 7.84. The summed E-state index contributed by atoms with van der Waals surface area (Å²) >= 11 is 3.36. The Labute approximate surface area is 155 Å². The maximum Gasteiger partial charge on any atom is 0.293 e. The number of amides is 1. The van der Waals surface area contributed by atoms with Crippen molar-refractivity contribution in [2.45, 2.75) is 6.61 Å². The number of aromatic nitrogens is 5. The summed E-state index contributed by atoms with van der Waals surface area (Å²) in [6.45, 7) is 0.0391. The molecule has 1 aromatic carbocycles. The molecule has 0 saturated carbocycles.